The Hall–Kier alpha value is -0.450. The molecule has 3 rings (SSSR count). The summed E-state index contributed by atoms with van der Waals surface area (Å²) in [5.74, 6) is 0. The van der Waals surface area contributed by atoms with Crippen LogP contribution >= 0.6 is 15.9 Å². The standard InChI is InChI=1S/C13H17BrN2O/c14-11-5-10(7-15-8-11)6-13(17)3-4-16(9-13)12-1-2-12/h5,7-8,12,17H,1-4,6,9H2. The number of β-amino-alcohol motifs (C(OH)–C–C–N with tert-alkyl or cyclic N) is 1. The molecule has 1 aliphatic carbocycles. The number of likely N-dealkylation sites (tertiary alicyclic amines) is 1. The molecular weight excluding hydrogens is 280 g/mol. The summed E-state index contributed by atoms with van der Waals surface area (Å²) in [6, 6.07) is 2.80. The zero-order valence-corrected chi connectivity index (χ0v) is 11.4. The summed E-state index contributed by atoms with van der Waals surface area (Å²) in [6.45, 7) is 1.87. The van der Waals surface area contributed by atoms with E-state index in [0.717, 1.165) is 35.6 Å². The number of aliphatic hydroxyl groups is 1. The van der Waals surface area contributed by atoms with Crippen LogP contribution in [0.25, 0.3) is 0 Å². The highest BCUT2D eigenvalue weighted by molar-refractivity contribution is 9.10. The fourth-order valence-electron chi connectivity index (χ4n) is 2.72. The van der Waals surface area contributed by atoms with Crippen molar-refractivity contribution in [3.63, 3.8) is 0 Å². The van der Waals surface area contributed by atoms with Gasteiger partial charge in [0.15, 0.2) is 0 Å². The molecular formula is C13H17BrN2O. The van der Waals surface area contributed by atoms with Gasteiger partial charge in [-0.2, -0.15) is 0 Å². The molecule has 0 amide bonds. The first kappa shape index (κ1) is 11.6. The van der Waals surface area contributed by atoms with E-state index >= 15 is 0 Å². The number of hydrogen-bond donors (Lipinski definition) is 1. The molecule has 92 valence electrons. The molecule has 1 saturated carbocycles. The first-order valence-corrected chi connectivity index (χ1v) is 7.00. The van der Waals surface area contributed by atoms with E-state index in [1.807, 2.05) is 12.3 Å². The van der Waals surface area contributed by atoms with Gasteiger partial charge in [0.1, 0.15) is 0 Å². The molecule has 0 bridgehead atoms. The second-order valence-corrected chi connectivity index (χ2v) is 6.28. The summed E-state index contributed by atoms with van der Waals surface area (Å²) in [6.07, 6.45) is 7.85. The van der Waals surface area contributed by atoms with Crippen LogP contribution in [0.3, 0.4) is 0 Å². The first-order chi connectivity index (χ1) is 8.15. The lowest BCUT2D eigenvalue weighted by Gasteiger charge is -2.23. The lowest BCUT2D eigenvalue weighted by molar-refractivity contribution is 0.0486. The third-order valence-corrected chi connectivity index (χ3v) is 4.15. The minimum absolute atomic E-state index is 0.551. The highest BCUT2D eigenvalue weighted by Gasteiger charge is 2.41. The molecule has 0 radical (unpaired) electrons. The quantitative estimate of drug-likeness (QED) is 0.927. The third-order valence-electron chi connectivity index (χ3n) is 3.72. The largest absolute Gasteiger partial charge is 0.388 e. The number of aromatic nitrogens is 1. The van der Waals surface area contributed by atoms with E-state index in [9.17, 15) is 5.11 Å². The number of pyridine rings is 1. The van der Waals surface area contributed by atoms with Gasteiger partial charge in [-0.05, 0) is 46.8 Å². The molecule has 17 heavy (non-hydrogen) atoms. The van der Waals surface area contributed by atoms with E-state index in [0.29, 0.717) is 6.42 Å². The number of nitrogens with zero attached hydrogens (tertiary/aromatic N) is 2. The predicted octanol–water partition coefficient (Wildman–Crippen LogP) is 1.99. The van der Waals surface area contributed by atoms with Gasteiger partial charge in [0.2, 0.25) is 0 Å². The Morgan fingerprint density at radius 2 is 2.29 bits per heavy atom. The van der Waals surface area contributed by atoms with Crippen LogP contribution < -0.4 is 0 Å². The van der Waals surface area contributed by atoms with Crippen molar-refractivity contribution in [1.82, 2.24) is 9.88 Å². The van der Waals surface area contributed by atoms with Crippen LogP contribution in [0.1, 0.15) is 24.8 Å². The van der Waals surface area contributed by atoms with Crippen molar-refractivity contribution in [2.75, 3.05) is 13.1 Å². The summed E-state index contributed by atoms with van der Waals surface area (Å²) >= 11 is 3.42. The minimum Gasteiger partial charge on any atom is -0.388 e. The van der Waals surface area contributed by atoms with E-state index in [1.165, 1.54) is 12.8 Å². The predicted molar refractivity (Wildman–Crippen MR) is 69.8 cm³/mol. The zero-order valence-electron chi connectivity index (χ0n) is 9.77. The number of halogens is 1. The van der Waals surface area contributed by atoms with Crippen molar-refractivity contribution in [2.45, 2.75) is 37.3 Å². The molecule has 1 aromatic rings. The zero-order chi connectivity index (χ0) is 11.9. The summed E-state index contributed by atoms with van der Waals surface area (Å²) < 4.78 is 0.982. The van der Waals surface area contributed by atoms with Gasteiger partial charge in [0.05, 0.1) is 5.60 Å². The topological polar surface area (TPSA) is 36.4 Å². The van der Waals surface area contributed by atoms with Crippen molar-refractivity contribution in [2.24, 2.45) is 0 Å². The monoisotopic (exact) mass is 296 g/mol. The summed E-state index contributed by atoms with van der Waals surface area (Å²) in [5.41, 5.74) is 0.560. The van der Waals surface area contributed by atoms with Gasteiger partial charge >= 0.3 is 0 Å². The van der Waals surface area contributed by atoms with E-state index in [-0.39, 0.29) is 0 Å². The van der Waals surface area contributed by atoms with Crippen LogP contribution in [0, 0.1) is 0 Å². The van der Waals surface area contributed by atoms with Crippen LogP contribution in [-0.4, -0.2) is 39.7 Å². The Morgan fingerprint density at radius 1 is 1.47 bits per heavy atom. The molecule has 2 fully saturated rings. The molecule has 4 heteroatoms. The van der Waals surface area contributed by atoms with Crippen molar-refractivity contribution >= 4 is 15.9 Å². The molecule has 3 nitrogen and oxygen atoms in total. The molecule has 1 aromatic heterocycles. The van der Waals surface area contributed by atoms with E-state index in [2.05, 4.69) is 25.8 Å². The summed E-state index contributed by atoms with van der Waals surface area (Å²) in [4.78, 5) is 6.59. The Bertz CT molecular complexity index is 422. The van der Waals surface area contributed by atoms with Gasteiger partial charge in [0, 0.05) is 42.4 Å². The molecule has 1 saturated heterocycles. The van der Waals surface area contributed by atoms with Crippen molar-refractivity contribution in [3.8, 4) is 0 Å². The molecule has 2 aliphatic rings. The van der Waals surface area contributed by atoms with Crippen molar-refractivity contribution in [3.05, 3.63) is 28.5 Å². The SMILES string of the molecule is OC1(Cc2cncc(Br)c2)CCN(C2CC2)C1. The number of hydrogen-bond acceptors (Lipinski definition) is 3. The highest BCUT2D eigenvalue weighted by Crippen LogP contribution is 2.34. The van der Waals surface area contributed by atoms with Crippen LogP contribution in [0.4, 0.5) is 0 Å². The Morgan fingerprint density at radius 3 is 3.00 bits per heavy atom. The first-order valence-electron chi connectivity index (χ1n) is 6.21. The lowest BCUT2D eigenvalue weighted by atomic mass is 9.95. The van der Waals surface area contributed by atoms with E-state index in [1.54, 1.807) is 6.20 Å². The number of rotatable bonds is 3. The van der Waals surface area contributed by atoms with Gasteiger partial charge in [-0.25, -0.2) is 0 Å². The van der Waals surface area contributed by atoms with Crippen LogP contribution in [0.2, 0.25) is 0 Å². The highest BCUT2D eigenvalue weighted by atomic mass is 79.9. The Kier molecular flexibility index (Phi) is 2.97. The van der Waals surface area contributed by atoms with Gasteiger partial charge in [-0.1, -0.05) is 0 Å². The van der Waals surface area contributed by atoms with E-state index in [4.69, 9.17) is 0 Å². The molecule has 1 atom stereocenters. The van der Waals surface area contributed by atoms with Crippen LogP contribution in [-0.2, 0) is 6.42 Å². The fourth-order valence-corrected chi connectivity index (χ4v) is 3.13. The fraction of sp³-hybridized carbons (Fsp3) is 0.615. The van der Waals surface area contributed by atoms with Crippen molar-refractivity contribution in [1.29, 1.82) is 0 Å². The third kappa shape index (κ3) is 2.69. The normalized spacial score (nSPS) is 29.8. The Balaban J connectivity index is 1.68. The van der Waals surface area contributed by atoms with Gasteiger partial charge < -0.3 is 5.11 Å². The molecule has 1 aliphatic heterocycles. The van der Waals surface area contributed by atoms with Crippen molar-refractivity contribution < 1.29 is 5.11 Å². The maximum absolute atomic E-state index is 10.6. The summed E-state index contributed by atoms with van der Waals surface area (Å²) in [5, 5.41) is 10.6. The lowest BCUT2D eigenvalue weighted by Crippen LogP contribution is -2.36. The average Bonchev–Trinajstić information content (AvgIpc) is 3.03. The average molecular weight is 297 g/mol. The van der Waals surface area contributed by atoms with Crippen LogP contribution in [0.5, 0.6) is 0 Å². The molecule has 0 aromatic carbocycles. The van der Waals surface area contributed by atoms with Gasteiger partial charge in [0.25, 0.3) is 0 Å². The molecule has 1 N–H and O–H groups in total. The molecule has 0 spiro atoms. The summed E-state index contributed by atoms with van der Waals surface area (Å²) in [7, 11) is 0. The molecule has 2 heterocycles. The second-order valence-electron chi connectivity index (χ2n) is 5.36. The van der Waals surface area contributed by atoms with Gasteiger partial charge in [-0.3, -0.25) is 9.88 Å². The minimum atomic E-state index is -0.551. The van der Waals surface area contributed by atoms with Crippen LogP contribution in [0.15, 0.2) is 22.9 Å². The van der Waals surface area contributed by atoms with Gasteiger partial charge in [-0.15, -0.1) is 0 Å². The smallest absolute Gasteiger partial charge is 0.0827 e. The maximum Gasteiger partial charge on any atom is 0.0827 e. The second kappa shape index (κ2) is 4.34. The molecule has 1 unspecified atom stereocenters. The van der Waals surface area contributed by atoms with E-state index < -0.39 is 5.60 Å². The maximum atomic E-state index is 10.6. The Labute approximate surface area is 110 Å².